The minimum absolute atomic E-state index is 0.122. The maximum Gasteiger partial charge on any atom is 0.120 e. The monoisotopic (exact) mass is 262 g/mol. The Labute approximate surface area is 116 Å². The van der Waals surface area contributed by atoms with Gasteiger partial charge in [0.05, 0.1) is 7.11 Å². The third-order valence-electron chi connectivity index (χ3n) is 3.99. The highest BCUT2D eigenvalue weighted by Crippen LogP contribution is 2.32. The van der Waals surface area contributed by atoms with Crippen LogP contribution in [-0.4, -0.2) is 31.3 Å². The van der Waals surface area contributed by atoms with Crippen LogP contribution in [0.25, 0.3) is 0 Å². The van der Waals surface area contributed by atoms with Crippen molar-refractivity contribution in [1.82, 2.24) is 5.32 Å². The largest absolute Gasteiger partial charge is 0.497 e. The molecule has 0 amide bonds. The zero-order valence-electron chi connectivity index (χ0n) is 12.8. The van der Waals surface area contributed by atoms with E-state index in [4.69, 9.17) is 4.74 Å². The zero-order valence-corrected chi connectivity index (χ0v) is 12.8. The van der Waals surface area contributed by atoms with Crippen LogP contribution in [0.5, 0.6) is 5.75 Å². The number of nitrogens with zero attached hydrogens (tertiary/aromatic N) is 1. The first-order chi connectivity index (χ1) is 8.84. The Morgan fingerprint density at radius 2 is 1.95 bits per heavy atom. The minimum Gasteiger partial charge on any atom is -0.497 e. The van der Waals surface area contributed by atoms with E-state index in [1.54, 1.807) is 7.11 Å². The summed E-state index contributed by atoms with van der Waals surface area (Å²) >= 11 is 0. The van der Waals surface area contributed by atoms with Crippen LogP contribution in [0, 0.1) is 0 Å². The Hall–Kier alpha value is -1.22. The van der Waals surface area contributed by atoms with Crippen molar-refractivity contribution in [3.05, 3.63) is 24.3 Å². The Bertz CT molecular complexity index is 440. The van der Waals surface area contributed by atoms with Gasteiger partial charge in [0.2, 0.25) is 0 Å². The fourth-order valence-corrected chi connectivity index (χ4v) is 2.73. The Morgan fingerprint density at radius 1 is 1.21 bits per heavy atom. The van der Waals surface area contributed by atoms with Crippen LogP contribution in [0.15, 0.2) is 24.3 Å². The molecular formula is C16H26N2O. The van der Waals surface area contributed by atoms with Crippen molar-refractivity contribution in [1.29, 1.82) is 0 Å². The lowest BCUT2D eigenvalue weighted by molar-refractivity contribution is 0.405. The fourth-order valence-electron chi connectivity index (χ4n) is 2.73. The number of anilines is 1. The average Bonchev–Trinajstić information content (AvgIpc) is 2.45. The van der Waals surface area contributed by atoms with Gasteiger partial charge in [0.15, 0.2) is 0 Å². The second kappa shape index (κ2) is 5.04. The predicted octanol–water partition coefficient (Wildman–Crippen LogP) is 3.05. The van der Waals surface area contributed by atoms with E-state index in [0.717, 1.165) is 25.3 Å². The molecule has 106 valence electrons. The molecule has 3 nitrogen and oxygen atoms in total. The zero-order chi connectivity index (χ0) is 14.1. The molecule has 0 radical (unpaired) electrons. The summed E-state index contributed by atoms with van der Waals surface area (Å²) in [4.78, 5) is 2.50. The van der Waals surface area contributed by atoms with Crippen molar-refractivity contribution in [2.24, 2.45) is 0 Å². The molecule has 0 aliphatic carbocycles. The highest BCUT2D eigenvalue weighted by molar-refractivity contribution is 5.53. The van der Waals surface area contributed by atoms with Gasteiger partial charge in [0.25, 0.3) is 0 Å². The van der Waals surface area contributed by atoms with Crippen molar-refractivity contribution < 1.29 is 4.74 Å². The minimum atomic E-state index is 0.122. The summed E-state index contributed by atoms with van der Waals surface area (Å²) in [5, 5.41) is 3.63. The molecule has 0 unspecified atom stereocenters. The molecule has 1 saturated heterocycles. The molecule has 0 bridgehead atoms. The highest BCUT2D eigenvalue weighted by atomic mass is 16.5. The first-order valence-electron chi connectivity index (χ1n) is 7.01. The first-order valence-corrected chi connectivity index (χ1v) is 7.01. The Morgan fingerprint density at radius 3 is 2.63 bits per heavy atom. The van der Waals surface area contributed by atoms with E-state index in [0.29, 0.717) is 0 Å². The Balaban J connectivity index is 2.36. The SMILES string of the molecule is COc1cccc(N2CC(C)(C)NCCC2(C)C)c1. The van der Waals surface area contributed by atoms with Gasteiger partial charge in [-0.3, -0.25) is 0 Å². The highest BCUT2D eigenvalue weighted by Gasteiger charge is 2.35. The molecular weight excluding hydrogens is 236 g/mol. The molecule has 1 aromatic carbocycles. The number of hydrogen-bond donors (Lipinski definition) is 1. The number of methoxy groups -OCH3 is 1. The lowest BCUT2D eigenvalue weighted by Crippen LogP contribution is -2.51. The van der Waals surface area contributed by atoms with Crippen LogP contribution in [0.2, 0.25) is 0 Å². The van der Waals surface area contributed by atoms with Crippen LogP contribution in [0.4, 0.5) is 5.69 Å². The van der Waals surface area contributed by atoms with Gasteiger partial charge in [-0.15, -0.1) is 0 Å². The van der Waals surface area contributed by atoms with Crippen molar-refractivity contribution in [3.63, 3.8) is 0 Å². The van der Waals surface area contributed by atoms with Crippen molar-refractivity contribution in [2.75, 3.05) is 25.1 Å². The molecule has 0 atom stereocenters. The van der Waals surface area contributed by atoms with Gasteiger partial charge in [0, 0.05) is 29.4 Å². The quantitative estimate of drug-likeness (QED) is 0.886. The molecule has 1 aliphatic rings. The van der Waals surface area contributed by atoms with Crippen LogP contribution in [0.3, 0.4) is 0 Å². The van der Waals surface area contributed by atoms with Gasteiger partial charge in [-0.1, -0.05) is 6.07 Å². The average molecular weight is 262 g/mol. The van der Waals surface area contributed by atoms with Crippen LogP contribution < -0.4 is 15.0 Å². The fraction of sp³-hybridized carbons (Fsp3) is 0.625. The molecule has 1 heterocycles. The molecule has 0 saturated carbocycles. The maximum atomic E-state index is 5.35. The summed E-state index contributed by atoms with van der Waals surface area (Å²) < 4.78 is 5.35. The van der Waals surface area contributed by atoms with E-state index >= 15 is 0 Å². The predicted molar refractivity (Wildman–Crippen MR) is 81.1 cm³/mol. The second-order valence-corrected chi connectivity index (χ2v) is 6.66. The summed E-state index contributed by atoms with van der Waals surface area (Å²) in [6.45, 7) is 11.2. The molecule has 3 heteroatoms. The van der Waals surface area contributed by atoms with E-state index in [1.165, 1.54) is 5.69 Å². The molecule has 19 heavy (non-hydrogen) atoms. The second-order valence-electron chi connectivity index (χ2n) is 6.66. The Kier molecular flexibility index (Phi) is 3.77. The van der Waals surface area contributed by atoms with E-state index in [2.05, 4.69) is 56.1 Å². The lowest BCUT2D eigenvalue weighted by Gasteiger charge is -2.41. The first kappa shape index (κ1) is 14.2. The van der Waals surface area contributed by atoms with Gasteiger partial charge in [-0.05, 0) is 52.8 Å². The topological polar surface area (TPSA) is 24.5 Å². The maximum absolute atomic E-state index is 5.35. The summed E-state index contributed by atoms with van der Waals surface area (Å²) in [5.74, 6) is 0.920. The summed E-state index contributed by atoms with van der Waals surface area (Å²) in [5.41, 5.74) is 1.50. The van der Waals surface area contributed by atoms with E-state index in [1.807, 2.05) is 6.07 Å². The molecule has 1 aliphatic heterocycles. The third-order valence-corrected chi connectivity index (χ3v) is 3.99. The molecule has 0 aromatic heterocycles. The van der Waals surface area contributed by atoms with Gasteiger partial charge in [-0.2, -0.15) is 0 Å². The number of hydrogen-bond acceptors (Lipinski definition) is 3. The third kappa shape index (κ3) is 3.21. The lowest BCUT2D eigenvalue weighted by atomic mass is 9.96. The van der Waals surface area contributed by atoms with Gasteiger partial charge in [-0.25, -0.2) is 0 Å². The van der Waals surface area contributed by atoms with Gasteiger partial charge >= 0.3 is 0 Å². The molecule has 0 spiro atoms. The van der Waals surface area contributed by atoms with Crippen LogP contribution >= 0.6 is 0 Å². The molecule has 1 N–H and O–H groups in total. The normalized spacial score (nSPS) is 21.8. The summed E-state index contributed by atoms with van der Waals surface area (Å²) in [7, 11) is 1.72. The van der Waals surface area contributed by atoms with Crippen molar-refractivity contribution in [2.45, 2.75) is 45.2 Å². The number of ether oxygens (including phenoxy) is 1. The number of nitrogens with one attached hydrogen (secondary N) is 1. The van der Waals surface area contributed by atoms with E-state index in [9.17, 15) is 0 Å². The van der Waals surface area contributed by atoms with Gasteiger partial charge in [0.1, 0.15) is 5.75 Å². The van der Waals surface area contributed by atoms with Gasteiger partial charge < -0.3 is 15.0 Å². The van der Waals surface area contributed by atoms with E-state index < -0.39 is 0 Å². The summed E-state index contributed by atoms with van der Waals surface area (Å²) in [6, 6.07) is 8.36. The van der Waals surface area contributed by atoms with Crippen LogP contribution in [0.1, 0.15) is 34.1 Å². The molecule has 2 rings (SSSR count). The summed E-state index contributed by atoms with van der Waals surface area (Å²) in [6.07, 6.45) is 1.13. The number of rotatable bonds is 2. The standard InChI is InChI=1S/C16H26N2O/c1-15(2)12-18(16(3,4)9-10-17-15)13-7-6-8-14(11-13)19-5/h6-8,11,17H,9-10,12H2,1-5H3. The molecule has 1 aromatic rings. The van der Waals surface area contributed by atoms with Crippen LogP contribution in [-0.2, 0) is 0 Å². The molecule has 1 fully saturated rings. The van der Waals surface area contributed by atoms with Crippen molar-refractivity contribution in [3.8, 4) is 5.75 Å². The number of benzene rings is 1. The van der Waals surface area contributed by atoms with E-state index in [-0.39, 0.29) is 11.1 Å². The van der Waals surface area contributed by atoms with Crippen molar-refractivity contribution >= 4 is 5.69 Å². The smallest absolute Gasteiger partial charge is 0.120 e.